The van der Waals surface area contributed by atoms with E-state index >= 15 is 0 Å². The van der Waals surface area contributed by atoms with Crippen LogP contribution >= 0.6 is 0 Å². The zero-order valence-corrected chi connectivity index (χ0v) is 21.7. The van der Waals surface area contributed by atoms with Crippen molar-refractivity contribution >= 4 is 32.5 Å². The van der Waals surface area contributed by atoms with Gasteiger partial charge in [0.2, 0.25) is 0 Å². The summed E-state index contributed by atoms with van der Waals surface area (Å²) in [5.41, 5.74) is 5.94. The van der Waals surface area contributed by atoms with Crippen LogP contribution in [-0.4, -0.2) is 18.4 Å². The molecule has 0 radical (unpaired) electrons. The monoisotopic (exact) mass is 509 g/mol. The second-order valence-corrected chi connectivity index (χ2v) is 11.9. The van der Waals surface area contributed by atoms with Crippen LogP contribution in [0.25, 0.3) is 16.5 Å². The van der Waals surface area contributed by atoms with Crippen molar-refractivity contribution in [2.45, 2.75) is 38.0 Å². The van der Waals surface area contributed by atoms with Gasteiger partial charge in [-0.1, -0.05) is 48.0 Å². The fourth-order valence-corrected chi connectivity index (χ4v) is 6.59. The Morgan fingerprint density at radius 3 is 2.38 bits per heavy atom. The minimum Gasteiger partial charge on any atom is -0.422 e. The molecule has 1 aromatic heterocycles. The molecule has 3 aromatic carbocycles. The zero-order valence-electron chi connectivity index (χ0n) is 20.9. The Balaban J connectivity index is 1.48. The van der Waals surface area contributed by atoms with E-state index in [4.69, 9.17) is 4.74 Å². The molecule has 1 fully saturated rings. The maximum atomic E-state index is 13.6. The smallest absolute Gasteiger partial charge is 0.343 e. The van der Waals surface area contributed by atoms with Crippen LogP contribution < -0.4 is 0 Å². The second-order valence-electron chi connectivity index (χ2n) is 10.1. The molecule has 37 heavy (non-hydrogen) atoms. The van der Waals surface area contributed by atoms with Crippen LogP contribution in [0.5, 0.6) is 0 Å². The Labute approximate surface area is 216 Å². The summed E-state index contributed by atoms with van der Waals surface area (Å²) in [7, 11) is -3.78. The van der Waals surface area contributed by atoms with Gasteiger partial charge in [-0.05, 0) is 92.1 Å². The fraction of sp³-hybridized carbons (Fsp3) is 0.194. The van der Waals surface area contributed by atoms with Gasteiger partial charge in [0, 0.05) is 17.2 Å². The van der Waals surface area contributed by atoms with Gasteiger partial charge in [0.25, 0.3) is 10.0 Å². The number of allylic oxidation sites excluding steroid dienone is 3. The summed E-state index contributed by atoms with van der Waals surface area (Å²) >= 11 is 0. The summed E-state index contributed by atoms with van der Waals surface area (Å²) in [5.74, 6) is 0.914. The van der Waals surface area contributed by atoms with E-state index in [-0.39, 0.29) is 4.90 Å². The third-order valence-corrected chi connectivity index (χ3v) is 8.94. The van der Waals surface area contributed by atoms with Crippen LogP contribution in [0, 0.1) is 12.8 Å². The highest BCUT2D eigenvalue weighted by Crippen LogP contribution is 2.57. The molecular formula is C31H27NO4S. The predicted octanol–water partition coefficient (Wildman–Crippen LogP) is 6.84. The van der Waals surface area contributed by atoms with Gasteiger partial charge in [-0.15, -0.1) is 0 Å². The maximum absolute atomic E-state index is 13.6. The van der Waals surface area contributed by atoms with Gasteiger partial charge in [-0.2, -0.15) is 0 Å². The molecule has 186 valence electrons. The number of hydrogen-bond donors (Lipinski definition) is 0. The molecule has 4 aromatic rings. The number of hydrogen-bond acceptors (Lipinski definition) is 4. The van der Waals surface area contributed by atoms with Crippen molar-refractivity contribution in [3.63, 3.8) is 0 Å². The number of nitrogens with zero attached hydrogens (tertiary/aromatic N) is 1. The van der Waals surface area contributed by atoms with Crippen LogP contribution in [0.4, 0.5) is 0 Å². The van der Waals surface area contributed by atoms with Crippen LogP contribution in [0.1, 0.15) is 53.2 Å². The molecule has 6 heteroatoms. The first-order valence-corrected chi connectivity index (χ1v) is 13.8. The molecule has 2 atom stereocenters. The van der Waals surface area contributed by atoms with Gasteiger partial charge >= 0.3 is 5.97 Å². The Bertz CT molecular complexity index is 1720. The summed E-state index contributed by atoms with van der Waals surface area (Å²) in [4.78, 5) is 13.3. The van der Waals surface area contributed by atoms with Crippen molar-refractivity contribution in [1.29, 1.82) is 0 Å². The standard InChI is InChI=1S/C31H27NO4S/c1-19(2)30(36-31(33)21-7-5-4-6-8-21)27-18-22-17-26(22)24-13-14-28-25(29(24)27)15-16-32(28)37(34,35)23-11-9-20(3)10-12-23/h4-16,18,22,26H,17H2,1-3H3. The van der Waals surface area contributed by atoms with Gasteiger partial charge in [0.1, 0.15) is 5.76 Å². The third-order valence-electron chi connectivity index (χ3n) is 7.24. The van der Waals surface area contributed by atoms with Gasteiger partial charge < -0.3 is 4.74 Å². The summed E-state index contributed by atoms with van der Waals surface area (Å²) in [6, 6.07) is 21.6. The molecule has 0 spiro atoms. The topological polar surface area (TPSA) is 65.4 Å². The first-order chi connectivity index (χ1) is 17.8. The van der Waals surface area contributed by atoms with E-state index in [1.807, 2.05) is 57.2 Å². The molecule has 0 bridgehead atoms. The predicted molar refractivity (Wildman–Crippen MR) is 145 cm³/mol. The molecule has 0 aliphatic heterocycles. The van der Waals surface area contributed by atoms with E-state index in [0.717, 1.165) is 34.1 Å². The Morgan fingerprint density at radius 2 is 1.68 bits per heavy atom. The lowest BCUT2D eigenvalue weighted by Crippen LogP contribution is -2.13. The lowest BCUT2D eigenvalue weighted by atomic mass is 9.86. The number of fused-ring (bicyclic) bond motifs is 5. The van der Waals surface area contributed by atoms with Crippen molar-refractivity contribution in [2.75, 3.05) is 0 Å². The summed E-state index contributed by atoms with van der Waals surface area (Å²) in [6.07, 6.45) is 4.85. The molecule has 1 heterocycles. The van der Waals surface area contributed by atoms with Crippen molar-refractivity contribution in [3.05, 3.63) is 119 Å². The number of ether oxygens (including phenoxy) is 1. The lowest BCUT2D eigenvalue weighted by Gasteiger charge is -2.22. The largest absolute Gasteiger partial charge is 0.422 e. The fourth-order valence-electron chi connectivity index (χ4n) is 5.25. The normalized spacial score (nSPS) is 18.0. The zero-order chi connectivity index (χ0) is 25.9. The molecule has 6 rings (SSSR count). The molecule has 0 amide bonds. The number of benzene rings is 3. The number of aromatic nitrogens is 1. The Hall–Kier alpha value is -3.90. The Morgan fingerprint density at radius 1 is 0.946 bits per heavy atom. The quantitative estimate of drug-likeness (QED) is 0.218. The van der Waals surface area contributed by atoms with Gasteiger partial charge in [-0.3, -0.25) is 0 Å². The molecule has 0 N–H and O–H groups in total. The van der Waals surface area contributed by atoms with E-state index in [9.17, 15) is 13.2 Å². The number of carbonyl (C=O) groups excluding carboxylic acids is 1. The van der Waals surface area contributed by atoms with Crippen LogP contribution in [0.3, 0.4) is 0 Å². The first-order valence-electron chi connectivity index (χ1n) is 12.4. The second kappa shape index (κ2) is 8.60. The van der Waals surface area contributed by atoms with E-state index < -0.39 is 16.0 Å². The van der Waals surface area contributed by atoms with Crippen molar-refractivity contribution in [2.24, 2.45) is 5.92 Å². The third kappa shape index (κ3) is 3.92. The SMILES string of the molecule is CC(C)=C(OC(=O)c1ccccc1)C1=CC2CC2c2ccc3c(ccn3S(=O)(=O)c3ccc(C)cc3)c21. The van der Waals surface area contributed by atoms with Gasteiger partial charge in [0.05, 0.1) is 16.0 Å². The van der Waals surface area contributed by atoms with Crippen LogP contribution in [0.15, 0.2) is 101 Å². The van der Waals surface area contributed by atoms with Crippen molar-refractivity contribution in [1.82, 2.24) is 3.97 Å². The summed E-state index contributed by atoms with van der Waals surface area (Å²) in [5, 5.41) is 0.833. The summed E-state index contributed by atoms with van der Waals surface area (Å²) in [6.45, 7) is 5.79. The lowest BCUT2D eigenvalue weighted by molar-refractivity contribution is 0.0637. The minimum absolute atomic E-state index is 0.244. The molecule has 2 aliphatic carbocycles. The molecule has 5 nitrogen and oxygen atoms in total. The highest BCUT2D eigenvalue weighted by Gasteiger charge is 2.43. The van der Waals surface area contributed by atoms with E-state index in [0.29, 0.717) is 28.7 Å². The van der Waals surface area contributed by atoms with Gasteiger partial charge in [0.15, 0.2) is 0 Å². The minimum atomic E-state index is -3.78. The average molecular weight is 510 g/mol. The van der Waals surface area contributed by atoms with Crippen molar-refractivity contribution < 1.29 is 17.9 Å². The van der Waals surface area contributed by atoms with E-state index in [1.165, 1.54) is 9.54 Å². The van der Waals surface area contributed by atoms with Crippen molar-refractivity contribution in [3.8, 4) is 0 Å². The van der Waals surface area contributed by atoms with E-state index in [1.54, 1.807) is 42.6 Å². The highest BCUT2D eigenvalue weighted by atomic mass is 32.2. The average Bonchev–Trinajstić information content (AvgIpc) is 3.54. The summed E-state index contributed by atoms with van der Waals surface area (Å²) < 4.78 is 34.5. The maximum Gasteiger partial charge on any atom is 0.343 e. The number of rotatable bonds is 5. The molecule has 2 aliphatic rings. The number of aryl methyl sites for hydroxylation is 1. The van der Waals surface area contributed by atoms with Crippen LogP contribution in [-0.2, 0) is 14.8 Å². The highest BCUT2D eigenvalue weighted by molar-refractivity contribution is 7.90. The van der Waals surface area contributed by atoms with Gasteiger partial charge in [-0.25, -0.2) is 17.2 Å². The van der Waals surface area contributed by atoms with E-state index in [2.05, 4.69) is 6.08 Å². The molecule has 1 saturated carbocycles. The number of carbonyl (C=O) groups is 1. The molecular weight excluding hydrogens is 482 g/mol. The molecule has 0 saturated heterocycles. The number of esters is 1. The molecule has 2 unspecified atom stereocenters. The Kier molecular flexibility index (Phi) is 5.46. The first kappa shape index (κ1) is 23.5. The van der Waals surface area contributed by atoms with Crippen LogP contribution in [0.2, 0.25) is 0 Å².